The fourth-order valence-corrected chi connectivity index (χ4v) is 3.58. The first kappa shape index (κ1) is 13.1. The molecule has 96 valence electrons. The van der Waals surface area contributed by atoms with Crippen molar-refractivity contribution in [3.63, 3.8) is 0 Å². The van der Waals surface area contributed by atoms with Crippen molar-refractivity contribution in [1.82, 2.24) is 5.32 Å². The van der Waals surface area contributed by atoms with E-state index in [1.165, 1.54) is 41.9 Å². The number of nitrogens with one attached hydrogen (secondary N) is 1. The average Bonchev–Trinajstić information content (AvgIpc) is 2.76. The molecular formula is C14H23NOS. The van der Waals surface area contributed by atoms with Crippen molar-refractivity contribution in [3.8, 4) is 0 Å². The highest BCUT2D eigenvalue weighted by atomic mass is 32.1. The molecule has 0 bridgehead atoms. The average molecular weight is 253 g/mol. The normalized spacial score (nSPS) is 19.4. The Morgan fingerprint density at radius 3 is 2.65 bits per heavy atom. The number of aliphatic hydroxyl groups excluding tert-OH is 1. The molecule has 3 heteroatoms. The third kappa shape index (κ3) is 3.54. The Balaban J connectivity index is 1.79. The lowest BCUT2D eigenvalue weighted by Crippen LogP contribution is -2.38. The number of rotatable bonds is 5. The van der Waals surface area contributed by atoms with E-state index in [0.717, 1.165) is 13.1 Å². The van der Waals surface area contributed by atoms with Crippen LogP contribution in [-0.4, -0.2) is 18.3 Å². The Hall–Kier alpha value is -0.380. The van der Waals surface area contributed by atoms with Gasteiger partial charge in [-0.2, -0.15) is 0 Å². The van der Waals surface area contributed by atoms with E-state index in [-0.39, 0.29) is 5.41 Å². The van der Waals surface area contributed by atoms with Crippen molar-refractivity contribution < 1.29 is 5.11 Å². The van der Waals surface area contributed by atoms with Crippen molar-refractivity contribution >= 4 is 11.3 Å². The maximum Gasteiger partial charge on any atom is 0.0499 e. The largest absolute Gasteiger partial charge is 0.396 e. The Morgan fingerprint density at radius 1 is 1.29 bits per heavy atom. The van der Waals surface area contributed by atoms with Gasteiger partial charge in [0.1, 0.15) is 0 Å². The molecule has 1 aromatic rings. The zero-order valence-corrected chi connectivity index (χ0v) is 11.5. The van der Waals surface area contributed by atoms with Crippen LogP contribution in [0.4, 0.5) is 0 Å². The molecule has 0 unspecified atom stereocenters. The summed E-state index contributed by atoms with van der Waals surface area (Å²) in [5.74, 6) is 0. The van der Waals surface area contributed by atoms with Gasteiger partial charge in [0.15, 0.2) is 0 Å². The molecule has 2 nitrogen and oxygen atoms in total. The van der Waals surface area contributed by atoms with Gasteiger partial charge in [-0.15, -0.1) is 11.3 Å². The van der Waals surface area contributed by atoms with Gasteiger partial charge >= 0.3 is 0 Å². The van der Waals surface area contributed by atoms with E-state index in [1.54, 1.807) is 0 Å². The standard InChI is InChI=1S/C14H23NOS/c1-12-5-6-13(17-12)9-15-10-14(11-16)7-3-2-4-8-14/h5-6,15-16H,2-4,7-11H2,1H3. The summed E-state index contributed by atoms with van der Waals surface area (Å²) in [6.07, 6.45) is 6.26. The third-order valence-electron chi connectivity index (χ3n) is 3.84. The monoisotopic (exact) mass is 253 g/mol. The summed E-state index contributed by atoms with van der Waals surface area (Å²) < 4.78 is 0. The predicted molar refractivity (Wildman–Crippen MR) is 73.4 cm³/mol. The van der Waals surface area contributed by atoms with Crippen LogP contribution in [0.5, 0.6) is 0 Å². The first-order valence-corrected chi connectivity index (χ1v) is 7.43. The fraction of sp³-hybridized carbons (Fsp3) is 0.714. The Bertz CT molecular complexity index is 342. The first-order valence-electron chi connectivity index (χ1n) is 6.61. The van der Waals surface area contributed by atoms with Gasteiger partial charge in [0.2, 0.25) is 0 Å². The predicted octanol–water partition coefficient (Wildman–Crippen LogP) is 3.09. The zero-order valence-electron chi connectivity index (χ0n) is 10.7. The number of hydrogen-bond acceptors (Lipinski definition) is 3. The molecule has 0 spiro atoms. The molecule has 1 fully saturated rings. The first-order chi connectivity index (χ1) is 8.24. The van der Waals surface area contributed by atoms with Gasteiger partial charge < -0.3 is 10.4 Å². The number of thiophene rings is 1. The van der Waals surface area contributed by atoms with Crippen LogP contribution in [-0.2, 0) is 6.54 Å². The molecule has 0 atom stereocenters. The second-order valence-electron chi connectivity index (χ2n) is 5.33. The molecule has 17 heavy (non-hydrogen) atoms. The van der Waals surface area contributed by atoms with Crippen molar-refractivity contribution in [2.24, 2.45) is 5.41 Å². The molecule has 1 aromatic heterocycles. The van der Waals surface area contributed by atoms with E-state index in [4.69, 9.17) is 0 Å². The molecular weight excluding hydrogens is 230 g/mol. The molecule has 0 aromatic carbocycles. The Labute approximate surface area is 108 Å². The van der Waals surface area contributed by atoms with Crippen LogP contribution in [0, 0.1) is 12.3 Å². The summed E-state index contributed by atoms with van der Waals surface area (Å²) in [5, 5.41) is 13.1. The number of aliphatic hydroxyl groups is 1. The molecule has 0 radical (unpaired) electrons. The molecule has 0 aliphatic heterocycles. The van der Waals surface area contributed by atoms with E-state index in [0.29, 0.717) is 6.61 Å². The smallest absolute Gasteiger partial charge is 0.0499 e. The van der Waals surface area contributed by atoms with Gasteiger partial charge in [-0.25, -0.2) is 0 Å². The number of hydrogen-bond donors (Lipinski definition) is 2. The minimum Gasteiger partial charge on any atom is -0.396 e. The second-order valence-corrected chi connectivity index (χ2v) is 6.71. The maximum absolute atomic E-state index is 9.61. The summed E-state index contributed by atoms with van der Waals surface area (Å²) >= 11 is 1.86. The topological polar surface area (TPSA) is 32.3 Å². The minimum atomic E-state index is 0.157. The van der Waals surface area contributed by atoms with Gasteiger partial charge in [0, 0.05) is 34.9 Å². The molecule has 0 amide bonds. The van der Waals surface area contributed by atoms with Gasteiger partial charge in [0.25, 0.3) is 0 Å². The zero-order chi connectivity index (χ0) is 12.1. The van der Waals surface area contributed by atoms with Crippen LogP contribution in [0.2, 0.25) is 0 Å². The molecule has 1 saturated carbocycles. The highest BCUT2D eigenvalue weighted by Crippen LogP contribution is 2.35. The van der Waals surface area contributed by atoms with Gasteiger partial charge in [-0.05, 0) is 31.9 Å². The van der Waals surface area contributed by atoms with Gasteiger partial charge in [0.05, 0.1) is 0 Å². The molecule has 2 rings (SSSR count). The van der Waals surface area contributed by atoms with Crippen molar-refractivity contribution in [2.45, 2.75) is 45.6 Å². The highest BCUT2D eigenvalue weighted by molar-refractivity contribution is 7.11. The lowest BCUT2D eigenvalue weighted by Gasteiger charge is -2.35. The van der Waals surface area contributed by atoms with Gasteiger partial charge in [-0.1, -0.05) is 19.3 Å². The second kappa shape index (κ2) is 5.98. The third-order valence-corrected chi connectivity index (χ3v) is 4.85. The van der Waals surface area contributed by atoms with Gasteiger partial charge in [-0.3, -0.25) is 0 Å². The van der Waals surface area contributed by atoms with E-state index in [1.807, 2.05) is 11.3 Å². The van der Waals surface area contributed by atoms with E-state index in [9.17, 15) is 5.11 Å². The van der Waals surface area contributed by atoms with E-state index in [2.05, 4.69) is 24.4 Å². The molecule has 0 saturated heterocycles. The summed E-state index contributed by atoms with van der Waals surface area (Å²) in [6.45, 7) is 4.38. The van der Waals surface area contributed by atoms with Crippen LogP contribution >= 0.6 is 11.3 Å². The molecule has 1 heterocycles. The highest BCUT2D eigenvalue weighted by Gasteiger charge is 2.30. The Morgan fingerprint density at radius 2 is 2.06 bits per heavy atom. The lowest BCUT2D eigenvalue weighted by atomic mass is 9.74. The number of aryl methyl sites for hydroxylation is 1. The van der Waals surface area contributed by atoms with Crippen molar-refractivity contribution in [1.29, 1.82) is 0 Å². The molecule has 1 aliphatic carbocycles. The summed E-state index contributed by atoms with van der Waals surface area (Å²) in [4.78, 5) is 2.77. The Kier molecular flexibility index (Phi) is 4.60. The minimum absolute atomic E-state index is 0.157. The van der Waals surface area contributed by atoms with E-state index < -0.39 is 0 Å². The van der Waals surface area contributed by atoms with Crippen LogP contribution in [0.25, 0.3) is 0 Å². The van der Waals surface area contributed by atoms with Crippen LogP contribution in [0.1, 0.15) is 41.9 Å². The fourth-order valence-electron chi connectivity index (χ4n) is 2.72. The molecule has 2 N–H and O–H groups in total. The lowest BCUT2D eigenvalue weighted by molar-refractivity contribution is 0.0811. The molecule has 1 aliphatic rings. The summed E-state index contributed by atoms with van der Waals surface area (Å²) in [7, 11) is 0. The van der Waals surface area contributed by atoms with Crippen molar-refractivity contribution in [2.75, 3.05) is 13.2 Å². The maximum atomic E-state index is 9.61. The van der Waals surface area contributed by atoms with Crippen LogP contribution in [0.3, 0.4) is 0 Å². The quantitative estimate of drug-likeness (QED) is 0.845. The van der Waals surface area contributed by atoms with Crippen LogP contribution < -0.4 is 5.32 Å². The summed E-state index contributed by atoms with van der Waals surface area (Å²) in [6, 6.07) is 4.36. The van der Waals surface area contributed by atoms with Crippen molar-refractivity contribution in [3.05, 3.63) is 21.9 Å². The van der Waals surface area contributed by atoms with E-state index >= 15 is 0 Å². The SMILES string of the molecule is Cc1ccc(CNCC2(CO)CCCCC2)s1. The van der Waals surface area contributed by atoms with Crippen LogP contribution in [0.15, 0.2) is 12.1 Å². The summed E-state index contributed by atoms with van der Waals surface area (Å²) in [5.41, 5.74) is 0.157.